The minimum Gasteiger partial charge on any atom is -0.662 e. The van der Waals surface area contributed by atoms with Crippen LogP contribution in [-0.4, -0.2) is 41.1 Å². The van der Waals surface area contributed by atoms with Crippen molar-refractivity contribution in [2.75, 3.05) is 12.4 Å². The summed E-state index contributed by atoms with van der Waals surface area (Å²) >= 11 is 1.08. The van der Waals surface area contributed by atoms with Gasteiger partial charge < -0.3 is 20.8 Å². The van der Waals surface area contributed by atoms with E-state index in [1.54, 1.807) is 14.0 Å². The number of nitrogens with zero attached hydrogens (tertiary/aromatic N) is 1. The summed E-state index contributed by atoms with van der Waals surface area (Å²) in [6, 6.07) is 9.91. The number of carbonyl (C=O) groups is 3. The van der Waals surface area contributed by atoms with Crippen LogP contribution in [0, 0.1) is 6.92 Å². The number of benzene rings is 1. The zero-order chi connectivity index (χ0) is 21.6. The molecule has 9 heteroatoms. The summed E-state index contributed by atoms with van der Waals surface area (Å²) in [5.41, 5.74) is 1.77. The Morgan fingerprint density at radius 1 is 1.17 bits per heavy atom. The molecule has 156 valence electrons. The number of rotatable bonds is 9. The molecule has 30 heavy (non-hydrogen) atoms. The summed E-state index contributed by atoms with van der Waals surface area (Å²) in [5.74, 6) is -4.26. The Hall–Kier alpha value is -1.07. The summed E-state index contributed by atoms with van der Waals surface area (Å²) in [5, 5.41) is 25.4. The molecule has 0 spiro atoms. The van der Waals surface area contributed by atoms with Gasteiger partial charge in [-0.25, -0.2) is 9.59 Å². The van der Waals surface area contributed by atoms with Gasteiger partial charge in [0.05, 0.1) is 5.56 Å². The first-order valence-corrected chi connectivity index (χ1v) is 10.1. The molecule has 0 saturated carbocycles. The average Bonchev–Trinajstić information content (AvgIpc) is 3.01. The largest absolute Gasteiger partial charge is 1.00 e. The van der Waals surface area contributed by atoms with E-state index in [1.165, 1.54) is 5.56 Å². The maximum absolute atomic E-state index is 12.0. The predicted octanol–water partition coefficient (Wildman–Crippen LogP) is 1.28. The van der Waals surface area contributed by atoms with Crippen molar-refractivity contribution in [2.45, 2.75) is 45.1 Å². The molecule has 3 N–H and O–H groups in total. The summed E-state index contributed by atoms with van der Waals surface area (Å²) in [6.07, 6.45) is 2.23. The molecule has 2 unspecified atom stereocenters. The molecule has 7 nitrogen and oxygen atoms in total. The number of carboxylic acids is 2. The van der Waals surface area contributed by atoms with Crippen LogP contribution >= 0.6 is 11.3 Å². The Kier molecular flexibility index (Phi) is 11.4. The van der Waals surface area contributed by atoms with Crippen molar-refractivity contribution in [3.05, 3.63) is 57.2 Å². The van der Waals surface area contributed by atoms with E-state index in [1.807, 2.05) is 37.3 Å². The maximum Gasteiger partial charge on any atom is 1.00 e. The van der Waals surface area contributed by atoms with Crippen molar-refractivity contribution in [3.8, 4) is 0 Å². The summed E-state index contributed by atoms with van der Waals surface area (Å²) in [6.45, 7) is 3.76. The van der Waals surface area contributed by atoms with Gasteiger partial charge in [0.25, 0.3) is 0 Å². The third kappa shape index (κ3) is 6.71. The maximum atomic E-state index is 12.0. The number of hydrogen-bond acceptors (Lipinski definition) is 4. The van der Waals surface area contributed by atoms with Crippen molar-refractivity contribution in [3.63, 3.8) is 0 Å². The van der Waals surface area contributed by atoms with Gasteiger partial charge in [0.15, 0.2) is 0 Å². The van der Waals surface area contributed by atoms with Crippen LogP contribution in [0.4, 0.5) is 5.00 Å². The number of aliphatic carboxylic acids is 1. The van der Waals surface area contributed by atoms with Crippen molar-refractivity contribution in [1.82, 2.24) is 0 Å². The smallest absolute Gasteiger partial charge is 0.662 e. The van der Waals surface area contributed by atoms with Crippen LogP contribution in [0.1, 0.15) is 52.0 Å². The number of carboxylic acid groups (broad SMARTS) is 2. The number of amides is 1. The number of thiophene rings is 1. The third-order valence-electron chi connectivity index (χ3n) is 4.94. The molecule has 2 aromatic rings. The van der Waals surface area contributed by atoms with Gasteiger partial charge in [-0.3, -0.25) is 4.79 Å². The fraction of sp³-hybridized carbons (Fsp3) is 0.381. The minimum absolute atomic E-state index is 0. The van der Waals surface area contributed by atoms with Gasteiger partial charge in [-0.1, -0.05) is 50.1 Å². The Bertz CT molecular complexity index is 885. The molecule has 1 amide bonds. The number of nitrogens with one attached hydrogen (secondary N) is 1. The number of aryl methyl sites for hydroxylation is 2. The van der Waals surface area contributed by atoms with Crippen LogP contribution in [0.2, 0.25) is 0 Å². The first kappa shape index (κ1) is 27.0. The van der Waals surface area contributed by atoms with Gasteiger partial charge in [0.1, 0.15) is 5.00 Å². The SMILES string of the molecule is CCC(c1c(C)sc(NC(=O)C(=O)O)c1C(=O)O)C(CCc1ccccc1)[N-]C.[K+]. The van der Waals surface area contributed by atoms with Crippen LogP contribution in [0.3, 0.4) is 0 Å². The molecule has 0 aliphatic heterocycles. The molecule has 0 fully saturated rings. The number of aromatic carboxylic acids is 1. The fourth-order valence-corrected chi connectivity index (χ4v) is 4.71. The van der Waals surface area contributed by atoms with Gasteiger partial charge in [-0.05, 0) is 30.4 Å². The predicted molar refractivity (Wildman–Crippen MR) is 113 cm³/mol. The molecule has 0 aliphatic carbocycles. The molecule has 0 bridgehead atoms. The monoisotopic (exact) mass is 456 g/mol. The topological polar surface area (TPSA) is 118 Å². The summed E-state index contributed by atoms with van der Waals surface area (Å²) in [4.78, 5) is 35.2. The standard InChI is InChI=1S/C21H25N2O5S.K/c1-4-14(15(22-3)11-10-13-8-6-5-7-9-13)16-12(2)29-19(17(16)20(25)26)23-18(24)21(27)28;/h5-9,14-15H,4,10-11H2,1-3H3,(H,23,24)(H,25,26)(H,27,28);/q-1;+1. The van der Waals surface area contributed by atoms with Crippen molar-refractivity contribution in [2.24, 2.45) is 0 Å². The molecule has 0 saturated heterocycles. The summed E-state index contributed by atoms with van der Waals surface area (Å²) in [7, 11) is 1.73. The van der Waals surface area contributed by atoms with E-state index in [-0.39, 0.29) is 73.9 Å². The Balaban J connectivity index is 0.00000450. The van der Waals surface area contributed by atoms with Crippen molar-refractivity contribution >= 4 is 34.2 Å². The summed E-state index contributed by atoms with van der Waals surface area (Å²) < 4.78 is 0. The Morgan fingerprint density at radius 3 is 2.30 bits per heavy atom. The van der Waals surface area contributed by atoms with Gasteiger partial charge in [-0.15, -0.1) is 17.4 Å². The van der Waals surface area contributed by atoms with Gasteiger partial charge >= 0.3 is 69.2 Å². The Morgan fingerprint density at radius 2 is 1.80 bits per heavy atom. The molecule has 1 aromatic heterocycles. The van der Waals surface area contributed by atoms with Crippen molar-refractivity contribution in [1.29, 1.82) is 0 Å². The first-order chi connectivity index (χ1) is 13.8. The normalized spacial score (nSPS) is 12.5. The molecule has 0 radical (unpaired) electrons. The number of hydrogen-bond donors (Lipinski definition) is 3. The third-order valence-corrected chi connectivity index (χ3v) is 5.98. The van der Waals surface area contributed by atoms with Crippen molar-refractivity contribution < 1.29 is 76.0 Å². The van der Waals surface area contributed by atoms with Crippen LogP contribution in [-0.2, 0) is 16.0 Å². The molecule has 1 aromatic carbocycles. The van der Waals surface area contributed by atoms with Crippen LogP contribution in [0.15, 0.2) is 30.3 Å². The van der Waals surface area contributed by atoms with Crippen LogP contribution in [0.25, 0.3) is 5.32 Å². The molecule has 2 rings (SSSR count). The minimum atomic E-state index is -1.66. The molecular weight excluding hydrogens is 431 g/mol. The number of anilines is 1. The average molecular weight is 457 g/mol. The van der Waals surface area contributed by atoms with E-state index in [0.717, 1.165) is 29.1 Å². The Labute approximate surface area is 222 Å². The van der Waals surface area contributed by atoms with E-state index < -0.39 is 17.8 Å². The fourth-order valence-electron chi connectivity index (χ4n) is 3.60. The van der Waals surface area contributed by atoms with E-state index >= 15 is 0 Å². The second-order valence-electron chi connectivity index (χ2n) is 6.71. The molecular formula is C21H25KN2O5S. The van der Waals surface area contributed by atoms with Gasteiger partial charge in [0, 0.05) is 4.88 Å². The zero-order valence-electron chi connectivity index (χ0n) is 17.6. The van der Waals surface area contributed by atoms with E-state index in [2.05, 4.69) is 10.6 Å². The molecule has 2 atom stereocenters. The van der Waals surface area contributed by atoms with E-state index in [0.29, 0.717) is 12.0 Å². The second kappa shape index (κ2) is 12.7. The van der Waals surface area contributed by atoms with Gasteiger partial charge in [-0.2, -0.15) is 7.05 Å². The van der Waals surface area contributed by atoms with Crippen LogP contribution in [0.5, 0.6) is 0 Å². The second-order valence-corrected chi connectivity index (χ2v) is 7.93. The molecule has 0 aliphatic rings. The first-order valence-electron chi connectivity index (χ1n) is 9.33. The van der Waals surface area contributed by atoms with Gasteiger partial charge in [0.2, 0.25) is 0 Å². The zero-order valence-corrected chi connectivity index (χ0v) is 21.6. The molecule has 1 heterocycles. The number of carbonyl (C=O) groups excluding carboxylic acids is 1. The van der Waals surface area contributed by atoms with E-state index in [4.69, 9.17) is 5.11 Å². The number of likely N-dealkylation sites (N-methyl/N-ethyl adjacent to an activating group) is 1. The quantitative estimate of drug-likeness (QED) is 0.388. The van der Waals surface area contributed by atoms with Crippen LogP contribution < -0.4 is 56.7 Å². The van der Waals surface area contributed by atoms with E-state index in [9.17, 15) is 19.5 Å².